The Morgan fingerprint density at radius 2 is 2.11 bits per heavy atom. The predicted octanol–water partition coefficient (Wildman–Crippen LogP) is 3.19. The third-order valence-corrected chi connectivity index (χ3v) is 4.71. The molecule has 1 aliphatic rings. The number of pyridine rings is 1. The highest BCUT2D eigenvalue weighted by molar-refractivity contribution is 14.0. The maximum Gasteiger partial charge on any atom is 0.218 e. The Hall–Kier alpha value is -1.81. The first kappa shape index (κ1) is 22.5. The van der Waals surface area contributed by atoms with Crippen LogP contribution in [-0.4, -0.2) is 49.1 Å². The Bertz CT molecular complexity index is 717. The fourth-order valence-electron chi connectivity index (χ4n) is 3.37. The summed E-state index contributed by atoms with van der Waals surface area (Å²) in [5.41, 5.74) is 0.958. The number of aromatic nitrogens is 1. The number of hydrogen-bond donors (Lipinski definition) is 2. The molecule has 8 heteroatoms. The van der Waals surface area contributed by atoms with Gasteiger partial charge >= 0.3 is 0 Å². The summed E-state index contributed by atoms with van der Waals surface area (Å²) in [6.45, 7) is 6.31. The van der Waals surface area contributed by atoms with Crippen molar-refractivity contribution in [2.45, 2.75) is 32.4 Å². The van der Waals surface area contributed by atoms with Gasteiger partial charge in [-0.05, 0) is 51.1 Å². The second kappa shape index (κ2) is 11.9. The molecule has 1 unspecified atom stereocenters. The standard InChI is InChI=1S/C20H29N5O2.HI/c1-3-21-20(23-14-16-8-6-10-22-19(16)26-2)24-15-17(18-9-7-13-27-18)25-11-4-5-12-25;/h6-10,13,17H,3-5,11-12,14-15H2,1-2H3,(H2,21,23,24);1H. The zero-order valence-corrected chi connectivity index (χ0v) is 18.9. The third kappa shape index (κ3) is 6.10. The molecule has 1 saturated heterocycles. The van der Waals surface area contributed by atoms with Gasteiger partial charge in [0.25, 0.3) is 0 Å². The van der Waals surface area contributed by atoms with E-state index < -0.39 is 0 Å². The van der Waals surface area contributed by atoms with Crippen LogP contribution in [0.3, 0.4) is 0 Å². The molecule has 2 aromatic rings. The summed E-state index contributed by atoms with van der Waals surface area (Å²) in [6, 6.07) is 8.09. The first-order chi connectivity index (χ1) is 13.3. The molecule has 28 heavy (non-hydrogen) atoms. The molecule has 0 radical (unpaired) electrons. The Labute approximate surface area is 184 Å². The lowest BCUT2D eigenvalue weighted by Crippen LogP contribution is -2.42. The molecular weight excluding hydrogens is 469 g/mol. The van der Waals surface area contributed by atoms with Gasteiger partial charge in [0.05, 0.1) is 26.0 Å². The van der Waals surface area contributed by atoms with Crippen LogP contribution in [0.4, 0.5) is 0 Å². The molecule has 154 valence electrons. The van der Waals surface area contributed by atoms with Crippen molar-refractivity contribution in [3.63, 3.8) is 0 Å². The van der Waals surface area contributed by atoms with Crippen molar-refractivity contribution in [2.75, 3.05) is 33.3 Å². The molecule has 0 saturated carbocycles. The number of nitrogens with zero attached hydrogens (tertiary/aromatic N) is 3. The van der Waals surface area contributed by atoms with Crippen LogP contribution in [0.5, 0.6) is 5.88 Å². The largest absolute Gasteiger partial charge is 0.481 e. The molecule has 0 spiro atoms. The van der Waals surface area contributed by atoms with Gasteiger partial charge in [-0.15, -0.1) is 24.0 Å². The molecule has 1 aliphatic heterocycles. The Kier molecular flexibility index (Phi) is 9.56. The van der Waals surface area contributed by atoms with Gasteiger partial charge in [0.2, 0.25) is 5.88 Å². The molecule has 2 aromatic heterocycles. The molecule has 3 rings (SSSR count). The van der Waals surface area contributed by atoms with Gasteiger partial charge in [-0.2, -0.15) is 0 Å². The van der Waals surface area contributed by atoms with Gasteiger partial charge < -0.3 is 19.8 Å². The van der Waals surface area contributed by atoms with Crippen LogP contribution in [0.25, 0.3) is 0 Å². The van der Waals surface area contributed by atoms with Crippen molar-refractivity contribution in [3.8, 4) is 5.88 Å². The minimum atomic E-state index is 0. The van der Waals surface area contributed by atoms with Gasteiger partial charge in [0.15, 0.2) is 5.96 Å². The predicted molar refractivity (Wildman–Crippen MR) is 121 cm³/mol. The average molecular weight is 499 g/mol. The highest BCUT2D eigenvalue weighted by Crippen LogP contribution is 2.24. The van der Waals surface area contributed by atoms with Crippen LogP contribution in [0.1, 0.15) is 37.1 Å². The van der Waals surface area contributed by atoms with Crippen molar-refractivity contribution in [2.24, 2.45) is 4.99 Å². The van der Waals surface area contributed by atoms with E-state index in [0.29, 0.717) is 12.4 Å². The summed E-state index contributed by atoms with van der Waals surface area (Å²) in [5, 5.41) is 6.78. The molecule has 1 fully saturated rings. The number of guanidine groups is 1. The summed E-state index contributed by atoms with van der Waals surface area (Å²) in [4.78, 5) is 11.4. The first-order valence-corrected chi connectivity index (χ1v) is 9.59. The van der Waals surface area contributed by atoms with E-state index in [4.69, 9.17) is 14.1 Å². The van der Waals surface area contributed by atoms with Crippen molar-refractivity contribution >= 4 is 29.9 Å². The smallest absolute Gasteiger partial charge is 0.218 e. The van der Waals surface area contributed by atoms with Crippen LogP contribution in [-0.2, 0) is 6.54 Å². The monoisotopic (exact) mass is 499 g/mol. The molecule has 0 amide bonds. The van der Waals surface area contributed by atoms with Gasteiger partial charge in [-0.25, -0.2) is 9.98 Å². The number of methoxy groups -OCH3 is 1. The first-order valence-electron chi connectivity index (χ1n) is 9.59. The second-order valence-electron chi connectivity index (χ2n) is 6.52. The van der Waals surface area contributed by atoms with Crippen molar-refractivity contribution in [3.05, 3.63) is 48.0 Å². The van der Waals surface area contributed by atoms with Crippen molar-refractivity contribution in [1.82, 2.24) is 20.5 Å². The normalized spacial score (nSPS) is 15.7. The van der Waals surface area contributed by atoms with Crippen molar-refractivity contribution < 1.29 is 9.15 Å². The highest BCUT2D eigenvalue weighted by atomic mass is 127. The van der Waals surface area contributed by atoms with Crippen LogP contribution in [0.15, 0.2) is 46.1 Å². The number of ether oxygens (including phenoxy) is 1. The summed E-state index contributed by atoms with van der Waals surface area (Å²) < 4.78 is 11.0. The topological polar surface area (TPSA) is 74.9 Å². The number of nitrogens with one attached hydrogen (secondary N) is 2. The lowest BCUT2D eigenvalue weighted by Gasteiger charge is -2.26. The molecule has 0 bridgehead atoms. The number of furan rings is 1. The number of hydrogen-bond acceptors (Lipinski definition) is 5. The van der Waals surface area contributed by atoms with E-state index in [1.807, 2.05) is 18.2 Å². The van der Waals surface area contributed by atoms with Crippen LogP contribution < -0.4 is 15.4 Å². The van der Waals surface area contributed by atoms with Gasteiger partial charge in [-0.1, -0.05) is 6.07 Å². The van der Waals surface area contributed by atoms with Gasteiger partial charge in [-0.3, -0.25) is 4.90 Å². The zero-order chi connectivity index (χ0) is 18.9. The molecule has 3 heterocycles. The third-order valence-electron chi connectivity index (χ3n) is 4.71. The quantitative estimate of drug-likeness (QED) is 0.330. The maximum absolute atomic E-state index is 5.69. The molecular formula is C20H30IN5O2. The van der Waals surface area contributed by atoms with Crippen LogP contribution >= 0.6 is 24.0 Å². The summed E-state index contributed by atoms with van der Waals surface area (Å²) in [5.74, 6) is 2.39. The Morgan fingerprint density at radius 1 is 1.29 bits per heavy atom. The number of halogens is 1. The number of rotatable bonds is 8. The minimum absolute atomic E-state index is 0. The van der Waals surface area contributed by atoms with Crippen LogP contribution in [0, 0.1) is 0 Å². The fourth-order valence-corrected chi connectivity index (χ4v) is 3.37. The SMILES string of the molecule is CCNC(=NCc1cccnc1OC)NCC(c1ccco1)N1CCCC1.I. The molecule has 7 nitrogen and oxygen atoms in total. The molecule has 0 aromatic carbocycles. The second-order valence-corrected chi connectivity index (χ2v) is 6.52. The maximum atomic E-state index is 5.69. The van der Waals surface area contributed by atoms with Crippen LogP contribution in [0.2, 0.25) is 0 Å². The highest BCUT2D eigenvalue weighted by Gasteiger charge is 2.25. The fraction of sp³-hybridized carbons (Fsp3) is 0.500. The van der Waals surface area contributed by atoms with E-state index in [1.165, 1.54) is 12.8 Å². The van der Waals surface area contributed by atoms with E-state index >= 15 is 0 Å². The van der Waals surface area contributed by atoms with E-state index in [9.17, 15) is 0 Å². The minimum Gasteiger partial charge on any atom is -0.481 e. The molecule has 2 N–H and O–H groups in total. The molecule has 0 aliphatic carbocycles. The lowest BCUT2D eigenvalue weighted by atomic mass is 10.2. The van der Waals surface area contributed by atoms with E-state index in [1.54, 1.807) is 19.6 Å². The van der Waals surface area contributed by atoms with E-state index in [-0.39, 0.29) is 30.0 Å². The zero-order valence-electron chi connectivity index (χ0n) is 16.6. The summed E-state index contributed by atoms with van der Waals surface area (Å²) >= 11 is 0. The van der Waals surface area contributed by atoms with Gasteiger partial charge in [0, 0.05) is 24.8 Å². The summed E-state index contributed by atoms with van der Waals surface area (Å²) in [7, 11) is 1.63. The number of likely N-dealkylation sites (tertiary alicyclic amines) is 1. The van der Waals surface area contributed by atoms with E-state index in [2.05, 4.69) is 33.5 Å². The molecule has 1 atom stereocenters. The van der Waals surface area contributed by atoms with E-state index in [0.717, 1.165) is 43.5 Å². The van der Waals surface area contributed by atoms with Gasteiger partial charge in [0.1, 0.15) is 5.76 Å². The van der Waals surface area contributed by atoms with Crippen molar-refractivity contribution in [1.29, 1.82) is 0 Å². The Balaban J connectivity index is 0.00000280. The lowest BCUT2D eigenvalue weighted by molar-refractivity contribution is 0.215. The number of aliphatic imine (C=N–C) groups is 1. The summed E-state index contributed by atoms with van der Waals surface area (Å²) in [6.07, 6.45) is 5.95. The Morgan fingerprint density at radius 3 is 2.79 bits per heavy atom. The average Bonchev–Trinajstić information content (AvgIpc) is 3.41.